The molecule has 1 amide bonds. The molecule has 28 heavy (non-hydrogen) atoms. The molecule has 1 saturated carbocycles. The maximum atomic E-state index is 12.6. The summed E-state index contributed by atoms with van der Waals surface area (Å²) in [5.41, 5.74) is 0.290. The van der Waals surface area contributed by atoms with E-state index in [2.05, 4.69) is 5.32 Å². The summed E-state index contributed by atoms with van der Waals surface area (Å²) in [7, 11) is 0. The lowest BCUT2D eigenvalue weighted by atomic mass is 9.89. The van der Waals surface area contributed by atoms with Gasteiger partial charge in [0.1, 0.15) is 17.1 Å². The number of hydrogen-bond acceptors (Lipinski definition) is 4. The van der Waals surface area contributed by atoms with E-state index in [1.54, 1.807) is 31.2 Å². The number of hydrogen-bond donors (Lipinski definition) is 1. The Morgan fingerprint density at radius 2 is 1.68 bits per heavy atom. The van der Waals surface area contributed by atoms with Crippen LogP contribution in [0.15, 0.2) is 54.6 Å². The number of carbonyl (C=O) groups excluding carboxylic acids is 2. The minimum absolute atomic E-state index is 0.264. The fourth-order valence-corrected chi connectivity index (χ4v) is 3.40. The number of benzene rings is 2. The third-order valence-electron chi connectivity index (χ3n) is 5.02. The molecule has 5 nitrogen and oxygen atoms in total. The molecule has 2 aromatic carbocycles. The van der Waals surface area contributed by atoms with E-state index in [0.29, 0.717) is 29.5 Å². The molecule has 3 rings (SSSR count). The Morgan fingerprint density at radius 1 is 1.00 bits per heavy atom. The fraction of sp³-hybridized carbons (Fsp3) is 0.391. The van der Waals surface area contributed by atoms with Crippen LogP contribution >= 0.6 is 0 Å². The highest BCUT2D eigenvalue weighted by Crippen LogP contribution is 2.26. The molecule has 0 unspecified atom stereocenters. The van der Waals surface area contributed by atoms with Gasteiger partial charge in [0.15, 0.2) is 6.10 Å². The van der Waals surface area contributed by atoms with E-state index in [1.807, 2.05) is 30.3 Å². The highest BCUT2D eigenvalue weighted by Gasteiger charge is 2.22. The lowest BCUT2D eigenvalue weighted by molar-refractivity contribution is -0.129. The average molecular weight is 381 g/mol. The Morgan fingerprint density at radius 3 is 2.43 bits per heavy atom. The summed E-state index contributed by atoms with van der Waals surface area (Å²) in [4.78, 5) is 24.9. The van der Waals surface area contributed by atoms with Crippen LogP contribution in [0.25, 0.3) is 0 Å². The quantitative estimate of drug-likeness (QED) is 0.705. The molecule has 1 atom stereocenters. The van der Waals surface area contributed by atoms with Crippen LogP contribution in [-0.4, -0.2) is 24.5 Å². The maximum absolute atomic E-state index is 12.6. The zero-order valence-electron chi connectivity index (χ0n) is 16.2. The van der Waals surface area contributed by atoms with Gasteiger partial charge in [-0.1, -0.05) is 49.6 Å². The summed E-state index contributed by atoms with van der Waals surface area (Å²) in [6.45, 7) is 2.24. The van der Waals surface area contributed by atoms with Crippen molar-refractivity contribution in [3.05, 3.63) is 60.2 Å². The highest BCUT2D eigenvalue weighted by atomic mass is 16.5. The van der Waals surface area contributed by atoms with Crippen LogP contribution in [0.3, 0.4) is 0 Å². The largest absolute Gasteiger partial charge is 0.456 e. The molecule has 2 aromatic rings. The average Bonchev–Trinajstić information content (AvgIpc) is 2.73. The molecule has 0 spiro atoms. The Hall–Kier alpha value is -2.82. The van der Waals surface area contributed by atoms with Crippen LogP contribution in [-0.2, 0) is 9.53 Å². The van der Waals surface area contributed by atoms with Crippen molar-refractivity contribution < 1.29 is 19.1 Å². The first kappa shape index (κ1) is 19.9. The van der Waals surface area contributed by atoms with Gasteiger partial charge in [0, 0.05) is 6.54 Å². The van der Waals surface area contributed by atoms with Crippen LogP contribution in [0.2, 0.25) is 0 Å². The number of carbonyl (C=O) groups is 2. The predicted octanol–water partition coefficient (Wildman–Crippen LogP) is 4.72. The minimum atomic E-state index is -0.860. The van der Waals surface area contributed by atoms with E-state index < -0.39 is 12.1 Å². The van der Waals surface area contributed by atoms with Gasteiger partial charge in [0.05, 0.1) is 0 Å². The molecule has 0 saturated heterocycles. The van der Waals surface area contributed by atoms with Crippen molar-refractivity contribution in [2.75, 3.05) is 6.54 Å². The topological polar surface area (TPSA) is 64.6 Å². The van der Waals surface area contributed by atoms with E-state index in [0.717, 1.165) is 12.8 Å². The van der Waals surface area contributed by atoms with E-state index >= 15 is 0 Å². The molecule has 0 bridgehead atoms. The standard InChI is InChI=1S/C23H27NO4/c1-17(22(25)24-16-18-10-4-2-5-11-18)27-23(26)20-14-8-9-15-21(20)28-19-12-6-3-7-13-19/h3,6-9,12-15,17-18H,2,4-5,10-11,16H2,1H3,(H,24,25)/t17-/m0/s1. The summed E-state index contributed by atoms with van der Waals surface area (Å²) in [6.07, 6.45) is 5.17. The molecule has 5 heteroatoms. The van der Waals surface area contributed by atoms with Crippen LogP contribution < -0.4 is 10.1 Å². The lowest BCUT2D eigenvalue weighted by Crippen LogP contribution is -2.38. The first-order valence-electron chi connectivity index (χ1n) is 9.94. The van der Waals surface area contributed by atoms with Gasteiger partial charge in [-0.2, -0.15) is 0 Å². The number of nitrogens with one attached hydrogen (secondary N) is 1. The predicted molar refractivity (Wildman–Crippen MR) is 107 cm³/mol. The molecular weight excluding hydrogens is 354 g/mol. The minimum Gasteiger partial charge on any atom is -0.456 e. The van der Waals surface area contributed by atoms with Gasteiger partial charge in [-0.25, -0.2) is 4.79 Å². The molecule has 1 fully saturated rings. The van der Waals surface area contributed by atoms with E-state index in [4.69, 9.17) is 9.47 Å². The second kappa shape index (κ2) is 9.93. The third kappa shape index (κ3) is 5.59. The smallest absolute Gasteiger partial charge is 0.342 e. The Labute approximate surface area is 166 Å². The summed E-state index contributed by atoms with van der Waals surface area (Å²) < 4.78 is 11.2. The molecule has 0 heterocycles. The van der Waals surface area contributed by atoms with Crippen LogP contribution in [0.5, 0.6) is 11.5 Å². The van der Waals surface area contributed by atoms with Gasteiger partial charge in [0.25, 0.3) is 5.91 Å². The van der Waals surface area contributed by atoms with Crippen LogP contribution in [0.4, 0.5) is 0 Å². The second-order valence-electron chi connectivity index (χ2n) is 7.21. The van der Waals surface area contributed by atoms with Crippen molar-refractivity contribution in [1.29, 1.82) is 0 Å². The van der Waals surface area contributed by atoms with Gasteiger partial charge < -0.3 is 14.8 Å². The summed E-state index contributed by atoms with van der Waals surface area (Å²) in [6, 6.07) is 16.1. The SMILES string of the molecule is C[C@H](OC(=O)c1ccccc1Oc1ccccc1)C(=O)NCC1CCCCC1. The normalized spacial score (nSPS) is 15.5. The molecule has 0 aromatic heterocycles. The second-order valence-corrected chi connectivity index (χ2v) is 7.21. The molecule has 1 aliphatic rings. The lowest BCUT2D eigenvalue weighted by Gasteiger charge is -2.22. The zero-order chi connectivity index (χ0) is 19.8. The molecule has 0 aliphatic heterocycles. The molecule has 1 aliphatic carbocycles. The van der Waals surface area contributed by atoms with Gasteiger partial charge in [-0.05, 0) is 49.9 Å². The Balaban J connectivity index is 1.57. The zero-order valence-corrected chi connectivity index (χ0v) is 16.2. The summed E-state index contributed by atoms with van der Waals surface area (Å²) in [5.74, 6) is 0.711. The molecular formula is C23H27NO4. The number of rotatable bonds is 7. The van der Waals surface area contributed by atoms with Crippen molar-refractivity contribution in [3.63, 3.8) is 0 Å². The van der Waals surface area contributed by atoms with Crippen LogP contribution in [0.1, 0.15) is 49.4 Å². The van der Waals surface area contributed by atoms with Crippen LogP contribution in [0, 0.1) is 5.92 Å². The summed E-state index contributed by atoms with van der Waals surface area (Å²) >= 11 is 0. The maximum Gasteiger partial charge on any atom is 0.342 e. The molecule has 1 N–H and O–H groups in total. The van der Waals surface area contributed by atoms with Crippen molar-refractivity contribution in [2.24, 2.45) is 5.92 Å². The Kier molecular flexibility index (Phi) is 7.06. The Bertz CT molecular complexity index is 784. The van der Waals surface area contributed by atoms with E-state index in [9.17, 15) is 9.59 Å². The van der Waals surface area contributed by atoms with Gasteiger partial charge in [0.2, 0.25) is 0 Å². The van der Waals surface area contributed by atoms with Crippen molar-refractivity contribution in [3.8, 4) is 11.5 Å². The first-order valence-corrected chi connectivity index (χ1v) is 9.94. The van der Waals surface area contributed by atoms with Gasteiger partial charge in [-0.15, -0.1) is 0 Å². The number of ether oxygens (including phenoxy) is 2. The van der Waals surface area contributed by atoms with Crippen molar-refractivity contribution in [2.45, 2.75) is 45.1 Å². The monoisotopic (exact) mass is 381 g/mol. The fourth-order valence-electron chi connectivity index (χ4n) is 3.40. The number of esters is 1. The third-order valence-corrected chi connectivity index (χ3v) is 5.02. The van der Waals surface area contributed by atoms with Crippen molar-refractivity contribution >= 4 is 11.9 Å². The first-order chi connectivity index (χ1) is 13.6. The van der Waals surface area contributed by atoms with Gasteiger partial charge in [-0.3, -0.25) is 4.79 Å². The highest BCUT2D eigenvalue weighted by molar-refractivity contribution is 5.94. The van der Waals surface area contributed by atoms with E-state index in [1.165, 1.54) is 19.3 Å². The van der Waals surface area contributed by atoms with E-state index in [-0.39, 0.29) is 5.91 Å². The number of para-hydroxylation sites is 2. The van der Waals surface area contributed by atoms with Gasteiger partial charge >= 0.3 is 5.97 Å². The van der Waals surface area contributed by atoms with Crippen molar-refractivity contribution in [1.82, 2.24) is 5.32 Å². The molecule has 148 valence electrons. The number of amides is 1. The molecule has 0 radical (unpaired) electrons. The summed E-state index contributed by atoms with van der Waals surface area (Å²) in [5, 5.41) is 2.92.